The third-order valence-corrected chi connectivity index (χ3v) is 7.85. The van der Waals surface area contributed by atoms with Gasteiger partial charge in [0.2, 0.25) is 10.0 Å². The minimum atomic E-state index is -4.46. The number of sulfonamides is 1. The molecule has 9 nitrogen and oxygen atoms in total. The number of aliphatic hydroxyl groups is 2. The van der Waals surface area contributed by atoms with Crippen molar-refractivity contribution in [1.82, 2.24) is 4.31 Å². The minimum absolute atomic E-state index is 0.261. The zero-order chi connectivity index (χ0) is 19.0. The molecule has 0 spiro atoms. The van der Waals surface area contributed by atoms with E-state index in [1.54, 1.807) is 0 Å². The van der Waals surface area contributed by atoms with E-state index in [0.717, 1.165) is 18.2 Å². The van der Waals surface area contributed by atoms with Crippen molar-refractivity contribution >= 4 is 37.4 Å². The van der Waals surface area contributed by atoms with Crippen molar-refractivity contribution in [3.8, 4) is 0 Å². The number of nitrogens with zero attached hydrogens (tertiary/aromatic N) is 1. The van der Waals surface area contributed by atoms with Crippen LogP contribution >= 0.6 is 11.6 Å². The van der Waals surface area contributed by atoms with Crippen molar-refractivity contribution in [1.29, 1.82) is 0 Å². The number of aromatic carboxylic acids is 1. The Hall–Kier alpha value is -1.24. The molecule has 0 unspecified atom stereocenters. The van der Waals surface area contributed by atoms with Crippen molar-refractivity contribution in [2.75, 3.05) is 24.7 Å². The van der Waals surface area contributed by atoms with Gasteiger partial charge in [-0.25, -0.2) is 21.6 Å². The van der Waals surface area contributed by atoms with Gasteiger partial charge in [-0.1, -0.05) is 11.6 Å². The lowest BCUT2D eigenvalue weighted by molar-refractivity contribution is 0.0696. The number of carboxylic acid groups (broad SMARTS) is 1. The molecule has 1 aromatic rings. The average molecular weight is 414 g/mol. The van der Waals surface area contributed by atoms with E-state index in [1.165, 1.54) is 0 Å². The Bertz CT molecular complexity index is 883. The minimum Gasteiger partial charge on any atom is -0.478 e. The molecule has 0 amide bonds. The molecular weight excluding hydrogens is 398 g/mol. The largest absolute Gasteiger partial charge is 0.478 e. The summed E-state index contributed by atoms with van der Waals surface area (Å²) in [7, 11) is -8.11. The lowest BCUT2D eigenvalue weighted by atomic mass is 10.2. The normalized spacial score (nSPS) is 23.0. The average Bonchev–Trinajstić information content (AvgIpc) is 2.77. The second kappa shape index (κ2) is 7.17. The van der Waals surface area contributed by atoms with Crippen LogP contribution in [0.3, 0.4) is 0 Å². The van der Waals surface area contributed by atoms with Crippen LogP contribution in [0.15, 0.2) is 23.1 Å². The SMILES string of the molecule is O=C(O)c1ccc(Cl)c(S(=O)(=O)N(CCO)[C@H]2CS(=O)(=O)C[C@H]2O)c1. The van der Waals surface area contributed by atoms with Gasteiger partial charge >= 0.3 is 5.97 Å². The molecule has 0 aliphatic carbocycles. The molecule has 12 heteroatoms. The summed E-state index contributed by atoms with van der Waals surface area (Å²) in [6.45, 7) is -1.11. The Morgan fingerprint density at radius 3 is 2.44 bits per heavy atom. The summed E-state index contributed by atoms with van der Waals surface area (Å²) in [4.78, 5) is 10.5. The Morgan fingerprint density at radius 1 is 1.32 bits per heavy atom. The van der Waals surface area contributed by atoms with Gasteiger partial charge in [-0.15, -0.1) is 0 Å². The first kappa shape index (κ1) is 20.1. The number of hydrogen-bond donors (Lipinski definition) is 3. The van der Waals surface area contributed by atoms with E-state index >= 15 is 0 Å². The van der Waals surface area contributed by atoms with E-state index in [4.69, 9.17) is 16.7 Å². The molecule has 3 N–H and O–H groups in total. The molecule has 1 heterocycles. The van der Waals surface area contributed by atoms with Crippen LogP contribution in [0.25, 0.3) is 0 Å². The van der Waals surface area contributed by atoms with Crippen LogP contribution < -0.4 is 0 Å². The highest BCUT2D eigenvalue weighted by molar-refractivity contribution is 7.92. The first-order valence-electron chi connectivity index (χ1n) is 7.03. The summed E-state index contributed by atoms with van der Waals surface area (Å²) >= 11 is 5.89. The molecule has 0 bridgehead atoms. The maximum absolute atomic E-state index is 12.9. The van der Waals surface area contributed by atoms with E-state index < -0.39 is 67.5 Å². The Labute approximate surface area is 149 Å². The first-order chi connectivity index (χ1) is 11.5. The van der Waals surface area contributed by atoms with E-state index in [0.29, 0.717) is 4.31 Å². The van der Waals surface area contributed by atoms with Crippen molar-refractivity contribution in [3.63, 3.8) is 0 Å². The van der Waals surface area contributed by atoms with E-state index in [1.807, 2.05) is 0 Å². The van der Waals surface area contributed by atoms with Gasteiger partial charge in [-0.3, -0.25) is 0 Å². The summed E-state index contributed by atoms with van der Waals surface area (Å²) in [5.41, 5.74) is -0.327. The van der Waals surface area contributed by atoms with Gasteiger partial charge in [0.25, 0.3) is 0 Å². The quantitative estimate of drug-likeness (QED) is 0.547. The number of carboxylic acids is 1. The number of aliphatic hydroxyl groups excluding tert-OH is 2. The second-order valence-electron chi connectivity index (χ2n) is 5.50. The molecule has 140 valence electrons. The number of carbonyl (C=O) groups is 1. The highest BCUT2D eigenvalue weighted by Crippen LogP contribution is 2.30. The van der Waals surface area contributed by atoms with Crippen LogP contribution in [0.4, 0.5) is 0 Å². The van der Waals surface area contributed by atoms with E-state index in [9.17, 15) is 31.8 Å². The van der Waals surface area contributed by atoms with Gasteiger partial charge in [0.1, 0.15) is 4.90 Å². The van der Waals surface area contributed by atoms with E-state index in [-0.39, 0.29) is 10.6 Å². The smallest absolute Gasteiger partial charge is 0.335 e. The summed E-state index contributed by atoms with van der Waals surface area (Å²) < 4.78 is 49.8. The fourth-order valence-electron chi connectivity index (χ4n) is 2.61. The zero-order valence-electron chi connectivity index (χ0n) is 12.7. The van der Waals surface area contributed by atoms with Crippen LogP contribution in [0.2, 0.25) is 5.02 Å². The van der Waals surface area contributed by atoms with Crippen molar-refractivity contribution in [2.45, 2.75) is 17.0 Å². The monoisotopic (exact) mass is 413 g/mol. The molecule has 0 radical (unpaired) electrons. The third-order valence-electron chi connectivity index (χ3n) is 3.75. The first-order valence-corrected chi connectivity index (χ1v) is 10.7. The van der Waals surface area contributed by atoms with Crippen LogP contribution in [-0.2, 0) is 19.9 Å². The Balaban J connectivity index is 2.54. The fraction of sp³-hybridized carbons (Fsp3) is 0.462. The topological polar surface area (TPSA) is 149 Å². The summed E-state index contributed by atoms with van der Waals surface area (Å²) in [6.07, 6.45) is -1.47. The molecular formula is C13H16ClNO8S2. The predicted molar refractivity (Wildman–Crippen MR) is 87.8 cm³/mol. The van der Waals surface area contributed by atoms with Crippen LogP contribution in [0, 0.1) is 0 Å². The standard InChI is InChI=1S/C13H16ClNO8S2/c14-9-2-1-8(13(18)19)5-12(9)25(22,23)15(3-4-16)10-6-24(20,21)7-11(10)17/h1-2,5,10-11,16-17H,3-4,6-7H2,(H,18,19)/t10-,11+/m0/s1. The Kier molecular flexibility index (Phi) is 5.76. The van der Waals surface area contributed by atoms with Crippen molar-refractivity contribution in [3.05, 3.63) is 28.8 Å². The molecule has 25 heavy (non-hydrogen) atoms. The van der Waals surface area contributed by atoms with Crippen molar-refractivity contribution in [2.24, 2.45) is 0 Å². The molecule has 1 fully saturated rings. The summed E-state index contributed by atoms with van der Waals surface area (Å²) in [5.74, 6) is -2.58. The van der Waals surface area contributed by atoms with Gasteiger partial charge in [-0.2, -0.15) is 4.31 Å². The van der Waals surface area contributed by atoms with Gasteiger partial charge < -0.3 is 15.3 Å². The molecule has 1 aliphatic heterocycles. The number of benzene rings is 1. The molecule has 2 rings (SSSR count). The molecule has 1 aliphatic rings. The van der Waals surface area contributed by atoms with Gasteiger partial charge in [0.05, 0.1) is 40.8 Å². The fourth-order valence-corrected chi connectivity index (χ4v) is 6.65. The summed E-state index contributed by atoms with van der Waals surface area (Å²) in [6, 6.07) is 1.76. The maximum atomic E-state index is 12.9. The van der Waals surface area contributed by atoms with Crippen molar-refractivity contribution < 1.29 is 36.9 Å². The predicted octanol–water partition coefficient (Wildman–Crippen LogP) is -0.821. The maximum Gasteiger partial charge on any atom is 0.335 e. The molecule has 2 atom stereocenters. The summed E-state index contributed by atoms with van der Waals surface area (Å²) in [5, 5.41) is 27.9. The molecule has 1 aromatic carbocycles. The van der Waals surface area contributed by atoms with Crippen LogP contribution in [-0.4, -0.2) is 79.2 Å². The molecule has 1 saturated heterocycles. The number of halogens is 1. The third kappa shape index (κ3) is 4.13. The Morgan fingerprint density at radius 2 is 1.96 bits per heavy atom. The lowest BCUT2D eigenvalue weighted by Crippen LogP contribution is -2.48. The van der Waals surface area contributed by atoms with E-state index in [2.05, 4.69) is 0 Å². The number of rotatable bonds is 6. The van der Waals surface area contributed by atoms with Crippen LogP contribution in [0.1, 0.15) is 10.4 Å². The molecule has 0 aromatic heterocycles. The van der Waals surface area contributed by atoms with Gasteiger partial charge in [-0.05, 0) is 18.2 Å². The number of hydrogen-bond acceptors (Lipinski definition) is 7. The molecule has 0 saturated carbocycles. The zero-order valence-corrected chi connectivity index (χ0v) is 15.1. The van der Waals surface area contributed by atoms with Gasteiger partial charge in [0.15, 0.2) is 9.84 Å². The van der Waals surface area contributed by atoms with Crippen LogP contribution in [0.5, 0.6) is 0 Å². The van der Waals surface area contributed by atoms with Gasteiger partial charge in [0, 0.05) is 6.54 Å². The highest BCUT2D eigenvalue weighted by atomic mass is 35.5. The number of sulfone groups is 1. The highest BCUT2D eigenvalue weighted by Gasteiger charge is 2.45. The second-order valence-corrected chi connectivity index (χ2v) is 9.92. The lowest BCUT2D eigenvalue weighted by Gasteiger charge is -2.29.